The van der Waals surface area contributed by atoms with Crippen LogP contribution in [0.3, 0.4) is 0 Å². The van der Waals surface area contributed by atoms with Crippen molar-refractivity contribution in [2.24, 2.45) is 0 Å². The number of amides is 1. The number of imidazole rings is 1. The molecule has 0 aromatic carbocycles. The summed E-state index contributed by atoms with van der Waals surface area (Å²) in [6.07, 6.45) is 1.38. The zero-order chi connectivity index (χ0) is 17.9. The van der Waals surface area contributed by atoms with Gasteiger partial charge in [0.1, 0.15) is 12.1 Å². The van der Waals surface area contributed by atoms with Gasteiger partial charge < -0.3 is 19.8 Å². The van der Waals surface area contributed by atoms with Crippen LogP contribution in [-0.2, 0) is 11.3 Å². The van der Waals surface area contributed by atoms with Crippen LogP contribution in [0, 0.1) is 6.92 Å². The molecule has 7 heteroatoms. The van der Waals surface area contributed by atoms with Crippen molar-refractivity contribution in [3.8, 4) is 11.3 Å². The number of aromatic nitrogens is 3. The molecule has 128 valence electrons. The summed E-state index contributed by atoms with van der Waals surface area (Å²) in [5, 5.41) is 11.5. The van der Waals surface area contributed by atoms with E-state index in [0.717, 1.165) is 17.5 Å². The number of hydrogen-bond donors (Lipinski definition) is 2. The Morgan fingerprint density at radius 3 is 2.71 bits per heavy atom. The SMILES string of the molecule is Cc1nc(-c2cccnc2C(C)C)c(C(C)NC(=O)O)n1CC=O. The maximum Gasteiger partial charge on any atom is 0.405 e. The molecular weight excluding hydrogens is 308 g/mol. The van der Waals surface area contributed by atoms with Gasteiger partial charge in [-0.2, -0.15) is 0 Å². The molecule has 0 aliphatic carbocycles. The van der Waals surface area contributed by atoms with Crippen molar-refractivity contribution >= 4 is 12.4 Å². The average molecular weight is 330 g/mol. The third kappa shape index (κ3) is 3.45. The predicted octanol–water partition coefficient (Wildman–Crippen LogP) is 2.90. The van der Waals surface area contributed by atoms with Gasteiger partial charge in [0.15, 0.2) is 0 Å². The lowest BCUT2D eigenvalue weighted by atomic mass is 9.99. The minimum absolute atomic E-state index is 0.122. The summed E-state index contributed by atoms with van der Waals surface area (Å²) in [5.41, 5.74) is 3.07. The Bertz CT molecular complexity index is 752. The van der Waals surface area contributed by atoms with Crippen LogP contribution in [0.2, 0.25) is 0 Å². The molecule has 2 rings (SSSR count). The van der Waals surface area contributed by atoms with Crippen molar-refractivity contribution in [3.05, 3.63) is 35.5 Å². The third-order valence-electron chi connectivity index (χ3n) is 3.85. The second-order valence-electron chi connectivity index (χ2n) is 5.93. The van der Waals surface area contributed by atoms with Crippen LogP contribution in [0.1, 0.15) is 49.9 Å². The maximum absolute atomic E-state index is 11.1. The number of carbonyl (C=O) groups is 2. The monoisotopic (exact) mass is 330 g/mol. The highest BCUT2D eigenvalue weighted by molar-refractivity contribution is 5.69. The molecule has 7 nitrogen and oxygen atoms in total. The van der Waals surface area contributed by atoms with Crippen LogP contribution in [-0.4, -0.2) is 32.0 Å². The second-order valence-corrected chi connectivity index (χ2v) is 5.93. The van der Waals surface area contributed by atoms with Gasteiger partial charge in [-0.15, -0.1) is 0 Å². The number of hydrogen-bond acceptors (Lipinski definition) is 4. The Morgan fingerprint density at radius 1 is 1.42 bits per heavy atom. The van der Waals surface area contributed by atoms with Crippen molar-refractivity contribution in [3.63, 3.8) is 0 Å². The van der Waals surface area contributed by atoms with Gasteiger partial charge in [0, 0.05) is 11.8 Å². The molecule has 2 aromatic rings. The molecule has 0 aliphatic rings. The summed E-state index contributed by atoms with van der Waals surface area (Å²) >= 11 is 0. The van der Waals surface area contributed by atoms with E-state index in [-0.39, 0.29) is 12.5 Å². The van der Waals surface area contributed by atoms with Gasteiger partial charge in [-0.1, -0.05) is 13.8 Å². The number of pyridine rings is 1. The standard InChI is InChI=1S/C17H22N4O3/c1-10(2)14-13(6-5-7-18-14)15-16(11(3)19-17(23)24)21(8-9-22)12(4)20-15/h5-7,9-11,19H,8H2,1-4H3,(H,23,24). The Hall–Kier alpha value is -2.70. The Balaban J connectivity index is 2.68. The molecule has 0 radical (unpaired) electrons. The lowest BCUT2D eigenvalue weighted by Gasteiger charge is -2.17. The largest absolute Gasteiger partial charge is 0.465 e. The van der Waals surface area contributed by atoms with E-state index in [9.17, 15) is 9.59 Å². The third-order valence-corrected chi connectivity index (χ3v) is 3.85. The zero-order valence-corrected chi connectivity index (χ0v) is 14.3. The van der Waals surface area contributed by atoms with Crippen LogP contribution >= 0.6 is 0 Å². The van der Waals surface area contributed by atoms with E-state index in [1.54, 1.807) is 24.6 Å². The van der Waals surface area contributed by atoms with E-state index >= 15 is 0 Å². The summed E-state index contributed by atoms with van der Waals surface area (Å²) in [7, 11) is 0. The molecule has 0 aliphatic heterocycles. The van der Waals surface area contributed by atoms with Gasteiger partial charge in [0.25, 0.3) is 0 Å². The van der Waals surface area contributed by atoms with Crippen molar-refractivity contribution in [2.75, 3.05) is 0 Å². The van der Waals surface area contributed by atoms with E-state index in [4.69, 9.17) is 5.11 Å². The molecule has 0 spiro atoms. The van der Waals surface area contributed by atoms with E-state index in [1.807, 2.05) is 26.0 Å². The molecule has 2 heterocycles. The van der Waals surface area contributed by atoms with Gasteiger partial charge in [-0.25, -0.2) is 9.78 Å². The number of aldehydes is 1. The Morgan fingerprint density at radius 2 is 2.12 bits per heavy atom. The van der Waals surface area contributed by atoms with Gasteiger partial charge in [-0.3, -0.25) is 4.98 Å². The summed E-state index contributed by atoms with van der Waals surface area (Å²) in [5.74, 6) is 0.845. The van der Waals surface area contributed by atoms with Crippen LogP contribution in [0.4, 0.5) is 4.79 Å². The number of nitrogens with zero attached hydrogens (tertiary/aromatic N) is 3. The fourth-order valence-electron chi connectivity index (χ4n) is 2.86. The van der Waals surface area contributed by atoms with Gasteiger partial charge >= 0.3 is 6.09 Å². The normalized spacial score (nSPS) is 12.2. The van der Waals surface area contributed by atoms with Crippen molar-refractivity contribution in [2.45, 2.75) is 46.2 Å². The molecule has 1 amide bonds. The van der Waals surface area contributed by atoms with Crippen LogP contribution < -0.4 is 5.32 Å². The fourth-order valence-corrected chi connectivity index (χ4v) is 2.86. The van der Waals surface area contributed by atoms with Crippen molar-refractivity contribution in [1.82, 2.24) is 19.9 Å². The molecule has 1 atom stereocenters. The van der Waals surface area contributed by atoms with Crippen LogP contribution in [0.15, 0.2) is 18.3 Å². The summed E-state index contributed by atoms with van der Waals surface area (Å²) in [4.78, 5) is 31.2. The van der Waals surface area contributed by atoms with Crippen LogP contribution in [0.5, 0.6) is 0 Å². The smallest absolute Gasteiger partial charge is 0.405 e. The minimum Gasteiger partial charge on any atom is -0.465 e. The fraction of sp³-hybridized carbons (Fsp3) is 0.412. The Labute approximate surface area is 140 Å². The minimum atomic E-state index is -1.12. The van der Waals surface area contributed by atoms with Crippen molar-refractivity contribution in [1.29, 1.82) is 0 Å². The highest BCUT2D eigenvalue weighted by Crippen LogP contribution is 2.33. The molecule has 0 fully saturated rings. The lowest BCUT2D eigenvalue weighted by Crippen LogP contribution is -2.27. The van der Waals surface area contributed by atoms with E-state index in [1.165, 1.54) is 0 Å². The highest BCUT2D eigenvalue weighted by atomic mass is 16.4. The average Bonchev–Trinajstić information content (AvgIpc) is 2.84. The van der Waals surface area contributed by atoms with Crippen molar-refractivity contribution < 1.29 is 14.7 Å². The van der Waals surface area contributed by atoms with Gasteiger partial charge in [0.05, 0.1) is 29.7 Å². The molecule has 0 bridgehead atoms. The molecule has 0 saturated carbocycles. The molecule has 2 aromatic heterocycles. The molecule has 2 N–H and O–H groups in total. The predicted molar refractivity (Wildman–Crippen MR) is 89.9 cm³/mol. The van der Waals surface area contributed by atoms with Gasteiger partial charge in [0.2, 0.25) is 0 Å². The number of carbonyl (C=O) groups excluding carboxylic acids is 1. The van der Waals surface area contributed by atoms with Crippen LogP contribution in [0.25, 0.3) is 11.3 Å². The van der Waals surface area contributed by atoms with E-state index in [0.29, 0.717) is 17.2 Å². The van der Waals surface area contributed by atoms with E-state index < -0.39 is 12.1 Å². The first-order valence-corrected chi connectivity index (χ1v) is 7.82. The summed E-state index contributed by atoms with van der Waals surface area (Å²) in [6, 6.07) is 3.24. The topological polar surface area (TPSA) is 97.1 Å². The quantitative estimate of drug-likeness (QED) is 0.794. The first-order chi connectivity index (χ1) is 11.4. The first-order valence-electron chi connectivity index (χ1n) is 7.82. The lowest BCUT2D eigenvalue weighted by molar-refractivity contribution is -0.108. The number of aryl methyl sites for hydroxylation is 1. The molecule has 24 heavy (non-hydrogen) atoms. The highest BCUT2D eigenvalue weighted by Gasteiger charge is 2.24. The zero-order valence-electron chi connectivity index (χ0n) is 14.3. The number of carboxylic acid groups (broad SMARTS) is 1. The first kappa shape index (κ1) is 17.7. The molecule has 0 saturated heterocycles. The molecule has 1 unspecified atom stereocenters. The summed E-state index contributed by atoms with van der Waals surface area (Å²) < 4.78 is 1.74. The second kappa shape index (κ2) is 7.25. The summed E-state index contributed by atoms with van der Waals surface area (Å²) in [6.45, 7) is 7.74. The van der Waals surface area contributed by atoms with E-state index in [2.05, 4.69) is 15.3 Å². The molecular formula is C17H22N4O3. The maximum atomic E-state index is 11.1. The number of rotatable bonds is 6. The Kier molecular flexibility index (Phi) is 5.33. The van der Waals surface area contributed by atoms with Gasteiger partial charge in [-0.05, 0) is 31.9 Å². The number of nitrogens with one attached hydrogen (secondary N) is 1.